The molecule has 86 valence electrons. The van der Waals surface area contributed by atoms with Gasteiger partial charge in [0.2, 0.25) is 5.91 Å². The average Bonchev–Trinajstić information content (AvgIpc) is 2.33. The van der Waals surface area contributed by atoms with Gasteiger partial charge in [0.25, 0.3) is 0 Å². The topological polar surface area (TPSA) is 52.6 Å². The molecule has 1 aromatic rings. The molecule has 4 nitrogen and oxygen atoms in total. The molecule has 1 aliphatic heterocycles. The summed E-state index contributed by atoms with van der Waals surface area (Å²) in [5.74, 6) is 0.0671. The number of aliphatic hydroxyl groups excluding tert-OH is 1. The fourth-order valence-corrected chi connectivity index (χ4v) is 1.93. The summed E-state index contributed by atoms with van der Waals surface area (Å²) in [6.45, 7) is 3.46. The van der Waals surface area contributed by atoms with Crippen LogP contribution in [0, 0.1) is 0 Å². The van der Waals surface area contributed by atoms with Gasteiger partial charge in [0, 0.05) is 18.8 Å². The molecule has 1 heterocycles. The maximum Gasteiger partial charge on any atom is 0.242 e. The summed E-state index contributed by atoms with van der Waals surface area (Å²) in [4.78, 5) is 13.6. The molecule has 1 saturated heterocycles. The van der Waals surface area contributed by atoms with Crippen LogP contribution in [0.3, 0.4) is 0 Å². The van der Waals surface area contributed by atoms with Crippen LogP contribution in [0.25, 0.3) is 0 Å². The Hall–Kier alpha value is -1.55. The van der Waals surface area contributed by atoms with Crippen LogP contribution in [-0.4, -0.2) is 30.1 Å². The number of amides is 1. The molecule has 0 aliphatic carbocycles. The fraction of sp³-hybridized carbons (Fsp3) is 0.417. The van der Waals surface area contributed by atoms with Crippen molar-refractivity contribution in [1.82, 2.24) is 5.32 Å². The Kier molecular flexibility index (Phi) is 3.10. The molecule has 2 N–H and O–H groups in total. The normalized spacial score (nSPS) is 20.8. The Morgan fingerprint density at radius 2 is 2.12 bits per heavy atom. The monoisotopic (exact) mass is 220 g/mol. The van der Waals surface area contributed by atoms with Crippen molar-refractivity contribution in [2.45, 2.75) is 19.6 Å². The second-order valence-electron chi connectivity index (χ2n) is 3.98. The van der Waals surface area contributed by atoms with Crippen LogP contribution in [0.5, 0.6) is 0 Å². The van der Waals surface area contributed by atoms with Gasteiger partial charge in [-0.15, -0.1) is 0 Å². The maximum absolute atomic E-state index is 11.5. The molecule has 1 amide bonds. The van der Waals surface area contributed by atoms with E-state index in [9.17, 15) is 4.79 Å². The van der Waals surface area contributed by atoms with Crippen LogP contribution in [0.15, 0.2) is 24.3 Å². The zero-order valence-electron chi connectivity index (χ0n) is 9.31. The molecule has 1 unspecified atom stereocenters. The number of anilines is 1. The van der Waals surface area contributed by atoms with E-state index in [4.69, 9.17) is 5.11 Å². The van der Waals surface area contributed by atoms with E-state index in [1.807, 2.05) is 31.2 Å². The highest BCUT2D eigenvalue weighted by atomic mass is 16.3. The lowest BCUT2D eigenvalue weighted by molar-refractivity contribution is -0.122. The van der Waals surface area contributed by atoms with Gasteiger partial charge in [-0.05, 0) is 24.6 Å². The fourth-order valence-electron chi connectivity index (χ4n) is 1.93. The smallest absolute Gasteiger partial charge is 0.242 e. The molecular weight excluding hydrogens is 204 g/mol. The van der Waals surface area contributed by atoms with Crippen LogP contribution >= 0.6 is 0 Å². The lowest BCUT2D eigenvalue weighted by atomic mass is 10.1. The van der Waals surface area contributed by atoms with Crippen LogP contribution in [0.1, 0.15) is 12.5 Å². The molecule has 1 aliphatic rings. The Labute approximate surface area is 94.9 Å². The lowest BCUT2D eigenvalue weighted by Gasteiger charge is -2.34. The Morgan fingerprint density at radius 1 is 1.44 bits per heavy atom. The standard InChI is InChI=1S/C12H16N2O2/c1-9-12(16)13-6-7-14(9)11-4-2-10(8-15)3-5-11/h2-5,9,15H,6-8H2,1H3,(H,13,16). The summed E-state index contributed by atoms with van der Waals surface area (Å²) >= 11 is 0. The van der Waals surface area contributed by atoms with Crippen LogP contribution in [-0.2, 0) is 11.4 Å². The first kappa shape index (κ1) is 11.0. The lowest BCUT2D eigenvalue weighted by Crippen LogP contribution is -2.54. The molecule has 0 saturated carbocycles. The number of hydrogen-bond acceptors (Lipinski definition) is 3. The van der Waals surface area contributed by atoms with Gasteiger partial charge < -0.3 is 15.3 Å². The van der Waals surface area contributed by atoms with Crippen LogP contribution in [0.2, 0.25) is 0 Å². The minimum absolute atomic E-state index is 0.0519. The van der Waals surface area contributed by atoms with Gasteiger partial charge in [0.05, 0.1) is 6.61 Å². The second kappa shape index (κ2) is 4.53. The van der Waals surface area contributed by atoms with Gasteiger partial charge in [-0.1, -0.05) is 12.1 Å². The van der Waals surface area contributed by atoms with Crippen molar-refractivity contribution in [3.05, 3.63) is 29.8 Å². The van der Waals surface area contributed by atoms with Crippen molar-refractivity contribution in [1.29, 1.82) is 0 Å². The van der Waals surface area contributed by atoms with Gasteiger partial charge in [0.15, 0.2) is 0 Å². The summed E-state index contributed by atoms with van der Waals surface area (Å²) < 4.78 is 0. The van der Waals surface area contributed by atoms with Gasteiger partial charge >= 0.3 is 0 Å². The van der Waals surface area contributed by atoms with Crippen LogP contribution in [0.4, 0.5) is 5.69 Å². The molecule has 0 aromatic heterocycles. The average molecular weight is 220 g/mol. The largest absolute Gasteiger partial charge is 0.392 e. The van der Waals surface area contributed by atoms with E-state index < -0.39 is 0 Å². The number of carbonyl (C=O) groups excluding carboxylic acids is 1. The summed E-state index contributed by atoms with van der Waals surface area (Å²) in [6.07, 6.45) is 0. The third kappa shape index (κ3) is 2.02. The molecule has 16 heavy (non-hydrogen) atoms. The highest BCUT2D eigenvalue weighted by Gasteiger charge is 2.25. The minimum atomic E-state index is -0.131. The highest BCUT2D eigenvalue weighted by molar-refractivity contribution is 5.86. The number of benzene rings is 1. The number of aliphatic hydroxyl groups is 1. The SMILES string of the molecule is CC1C(=O)NCCN1c1ccc(CO)cc1. The van der Waals surface area contributed by atoms with E-state index in [0.29, 0.717) is 6.54 Å². The Balaban J connectivity index is 2.19. The second-order valence-corrected chi connectivity index (χ2v) is 3.98. The van der Waals surface area contributed by atoms with Crippen molar-refractivity contribution < 1.29 is 9.90 Å². The first-order chi connectivity index (χ1) is 7.72. The van der Waals surface area contributed by atoms with Gasteiger partial charge in [-0.25, -0.2) is 0 Å². The Bertz CT molecular complexity index is 375. The summed E-state index contributed by atoms with van der Waals surface area (Å²) in [5.41, 5.74) is 1.91. The third-order valence-corrected chi connectivity index (χ3v) is 2.95. The molecule has 2 rings (SSSR count). The van der Waals surface area contributed by atoms with Crippen molar-refractivity contribution in [3.63, 3.8) is 0 Å². The van der Waals surface area contributed by atoms with E-state index in [-0.39, 0.29) is 18.6 Å². The number of hydrogen-bond donors (Lipinski definition) is 2. The molecule has 0 radical (unpaired) electrons. The number of nitrogens with zero attached hydrogens (tertiary/aromatic N) is 1. The molecule has 4 heteroatoms. The molecule has 1 atom stereocenters. The number of nitrogens with one attached hydrogen (secondary N) is 1. The third-order valence-electron chi connectivity index (χ3n) is 2.95. The zero-order valence-corrected chi connectivity index (χ0v) is 9.31. The van der Waals surface area contributed by atoms with Crippen LogP contribution < -0.4 is 10.2 Å². The van der Waals surface area contributed by atoms with Crippen molar-refractivity contribution in [2.75, 3.05) is 18.0 Å². The van der Waals surface area contributed by atoms with E-state index in [1.165, 1.54) is 0 Å². The number of rotatable bonds is 2. The zero-order chi connectivity index (χ0) is 11.5. The summed E-state index contributed by atoms with van der Waals surface area (Å²) in [6, 6.07) is 7.53. The summed E-state index contributed by atoms with van der Waals surface area (Å²) in [7, 11) is 0. The van der Waals surface area contributed by atoms with Crippen molar-refractivity contribution in [2.24, 2.45) is 0 Å². The first-order valence-electron chi connectivity index (χ1n) is 5.46. The molecule has 1 aromatic carbocycles. The first-order valence-corrected chi connectivity index (χ1v) is 5.46. The molecular formula is C12H16N2O2. The van der Waals surface area contributed by atoms with Gasteiger partial charge in [-0.2, -0.15) is 0 Å². The van der Waals surface area contributed by atoms with Crippen molar-refractivity contribution >= 4 is 11.6 Å². The van der Waals surface area contributed by atoms with E-state index in [1.54, 1.807) is 0 Å². The van der Waals surface area contributed by atoms with Gasteiger partial charge in [0.1, 0.15) is 6.04 Å². The number of carbonyl (C=O) groups is 1. The predicted octanol–water partition coefficient (Wildman–Crippen LogP) is 0.504. The Morgan fingerprint density at radius 3 is 2.75 bits per heavy atom. The van der Waals surface area contributed by atoms with E-state index >= 15 is 0 Å². The van der Waals surface area contributed by atoms with Gasteiger partial charge in [-0.3, -0.25) is 4.79 Å². The quantitative estimate of drug-likeness (QED) is 0.763. The minimum Gasteiger partial charge on any atom is -0.392 e. The molecule has 0 spiro atoms. The number of piperazine rings is 1. The van der Waals surface area contributed by atoms with E-state index in [2.05, 4.69) is 10.2 Å². The van der Waals surface area contributed by atoms with E-state index in [0.717, 1.165) is 17.8 Å². The summed E-state index contributed by atoms with van der Waals surface area (Å²) in [5, 5.41) is 11.8. The van der Waals surface area contributed by atoms with Crippen molar-refractivity contribution in [3.8, 4) is 0 Å². The molecule has 0 bridgehead atoms. The highest BCUT2D eigenvalue weighted by Crippen LogP contribution is 2.19. The predicted molar refractivity (Wildman–Crippen MR) is 62.2 cm³/mol. The molecule has 1 fully saturated rings. The maximum atomic E-state index is 11.5.